The van der Waals surface area contributed by atoms with Gasteiger partial charge in [-0.15, -0.1) is 0 Å². The van der Waals surface area contributed by atoms with Gasteiger partial charge in [-0.25, -0.2) is 0 Å². The van der Waals surface area contributed by atoms with Gasteiger partial charge < -0.3 is 5.32 Å². The summed E-state index contributed by atoms with van der Waals surface area (Å²) in [5.41, 5.74) is 1.77. The van der Waals surface area contributed by atoms with Crippen molar-refractivity contribution < 1.29 is 0 Å². The number of rotatable bonds is 2. The smallest absolute Gasteiger partial charge is 0.0194 e. The highest BCUT2D eigenvalue weighted by Crippen LogP contribution is 2.27. The summed E-state index contributed by atoms with van der Waals surface area (Å²) in [7, 11) is 0. The van der Waals surface area contributed by atoms with E-state index in [0.29, 0.717) is 5.54 Å². The average molecular weight is 225 g/mol. The van der Waals surface area contributed by atoms with E-state index in [1.165, 1.54) is 35.7 Å². The molecule has 0 bridgehead atoms. The van der Waals surface area contributed by atoms with E-state index in [4.69, 9.17) is 0 Å². The van der Waals surface area contributed by atoms with Crippen LogP contribution in [-0.4, -0.2) is 12.1 Å². The first-order valence-electron chi connectivity index (χ1n) is 6.49. The summed E-state index contributed by atoms with van der Waals surface area (Å²) in [4.78, 5) is 0. The lowest BCUT2D eigenvalue weighted by molar-refractivity contribution is 0.414. The molecule has 17 heavy (non-hydrogen) atoms. The SMILES string of the molecule is C[C@]1(Cc2cccc3ccccc23)CCCN1. The van der Waals surface area contributed by atoms with E-state index in [2.05, 4.69) is 54.7 Å². The maximum atomic E-state index is 3.65. The molecule has 0 unspecified atom stereocenters. The Labute approximate surface area is 103 Å². The van der Waals surface area contributed by atoms with Gasteiger partial charge >= 0.3 is 0 Å². The quantitative estimate of drug-likeness (QED) is 0.824. The average Bonchev–Trinajstić information content (AvgIpc) is 2.76. The minimum absolute atomic E-state index is 0.296. The van der Waals surface area contributed by atoms with Crippen molar-refractivity contribution in [1.82, 2.24) is 5.32 Å². The van der Waals surface area contributed by atoms with E-state index in [9.17, 15) is 0 Å². The van der Waals surface area contributed by atoms with Crippen molar-refractivity contribution in [3.63, 3.8) is 0 Å². The van der Waals surface area contributed by atoms with Crippen molar-refractivity contribution >= 4 is 10.8 Å². The van der Waals surface area contributed by atoms with E-state index in [0.717, 1.165) is 6.42 Å². The van der Waals surface area contributed by atoms with Gasteiger partial charge in [-0.3, -0.25) is 0 Å². The van der Waals surface area contributed by atoms with Gasteiger partial charge in [0.2, 0.25) is 0 Å². The van der Waals surface area contributed by atoms with Crippen LogP contribution < -0.4 is 5.32 Å². The Morgan fingerprint density at radius 1 is 1.12 bits per heavy atom. The highest BCUT2D eigenvalue weighted by Gasteiger charge is 2.28. The lowest BCUT2D eigenvalue weighted by Crippen LogP contribution is -2.38. The maximum Gasteiger partial charge on any atom is 0.0194 e. The summed E-state index contributed by atoms with van der Waals surface area (Å²) in [5, 5.41) is 6.41. The van der Waals surface area contributed by atoms with Crippen LogP contribution in [0.3, 0.4) is 0 Å². The zero-order chi connectivity index (χ0) is 11.7. The van der Waals surface area contributed by atoms with Gasteiger partial charge in [0.05, 0.1) is 0 Å². The van der Waals surface area contributed by atoms with E-state index < -0.39 is 0 Å². The molecule has 0 saturated carbocycles. The van der Waals surface area contributed by atoms with Crippen molar-refractivity contribution in [3.05, 3.63) is 48.0 Å². The van der Waals surface area contributed by atoms with Gasteiger partial charge in [-0.05, 0) is 49.1 Å². The first-order valence-corrected chi connectivity index (χ1v) is 6.49. The fourth-order valence-electron chi connectivity index (χ4n) is 2.97. The summed E-state index contributed by atoms with van der Waals surface area (Å²) >= 11 is 0. The second-order valence-electron chi connectivity index (χ2n) is 5.41. The van der Waals surface area contributed by atoms with E-state index in [-0.39, 0.29) is 0 Å². The van der Waals surface area contributed by atoms with Crippen molar-refractivity contribution in [2.45, 2.75) is 31.7 Å². The molecule has 1 saturated heterocycles. The van der Waals surface area contributed by atoms with Crippen LogP contribution in [0.25, 0.3) is 10.8 Å². The molecule has 0 aliphatic carbocycles. The van der Waals surface area contributed by atoms with Crippen LogP contribution in [0, 0.1) is 0 Å². The third-order valence-electron chi connectivity index (χ3n) is 3.92. The van der Waals surface area contributed by atoms with Crippen LogP contribution in [0.4, 0.5) is 0 Å². The van der Waals surface area contributed by atoms with Crippen molar-refractivity contribution in [3.8, 4) is 0 Å². The molecule has 2 aromatic rings. The third-order valence-corrected chi connectivity index (χ3v) is 3.92. The van der Waals surface area contributed by atoms with Gasteiger partial charge in [0.25, 0.3) is 0 Å². The molecule has 1 aliphatic heterocycles. The summed E-state index contributed by atoms with van der Waals surface area (Å²) in [5.74, 6) is 0. The van der Waals surface area contributed by atoms with Gasteiger partial charge in [0, 0.05) is 5.54 Å². The monoisotopic (exact) mass is 225 g/mol. The molecule has 1 nitrogen and oxygen atoms in total. The van der Waals surface area contributed by atoms with Crippen molar-refractivity contribution in [1.29, 1.82) is 0 Å². The number of benzene rings is 2. The third kappa shape index (κ3) is 2.07. The molecular weight excluding hydrogens is 206 g/mol. The van der Waals surface area contributed by atoms with E-state index in [1.54, 1.807) is 0 Å². The molecule has 1 aliphatic rings. The summed E-state index contributed by atoms with van der Waals surface area (Å²) in [6.07, 6.45) is 3.73. The molecule has 0 aromatic heterocycles. The van der Waals surface area contributed by atoms with Crippen LogP contribution in [0.1, 0.15) is 25.3 Å². The van der Waals surface area contributed by atoms with Crippen LogP contribution in [0.2, 0.25) is 0 Å². The largest absolute Gasteiger partial charge is 0.311 e. The van der Waals surface area contributed by atoms with E-state index in [1.807, 2.05) is 0 Å². The Kier molecular flexibility index (Phi) is 2.64. The first-order chi connectivity index (χ1) is 8.27. The molecule has 88 valence electrons. The van der Waals surface area contributed by atoms with Gasteiger partial charge in [0.15, 0.2) is 0 Å². The second-order valence-corrected chi connectivity index (χ2v) is 5.41. The van der Waals surface area contributed by atoms with Gasteiger partial charge in [-0.2, -0.15) is 0 Å². The predicted octanol–water partition coefficient (Wildman–Crippen LogP) is 3.52. The summed E-state index contributed by atoms with van der Waals surface area (Å²) < 4.78 is 0. The normalized spacial score (nSPS) is 24.3. The van der Waals surface area contributed by atoms with Crippen LogP contribution in [0.15, 0.2) is 42.5 Å². The zero-order valence-electron chi connectivity index (χ0n) is 10.4. The molecule has 2 aromatic carbocycles. The minimum Gasteiger partial charge on any atom is -0.311 e. The maximum absolute atomic E-state index is 3.65. The Morgan fingerprint density at radius 3 is 2.76 bits per heavy atom. The van der Waals surface area contributed by atoms with Crippen molar-refractivity contribution in [2.75, 3.05) is 6.54 Å². The molecule has 3 rings (SSSR count). The lowest BCUT2D eigenvalue weighted by Gasteiger charge is -2.25. The Morgan fingerprint density at radius 2 is 1.94 bits per heavy atom. The number of hydrogen-bond acceptors (Lipinski definition) is 1. The predicted molar refractivity (Wildman–Crippen MR) is 73.3 cm³/mol. The Hall–Kier alpha value is -1.34. The first kappa shape index (κ1) is 10.8. The molecule has 0 amide bonds. The fourth-order valence-corrected chi connectivity index (χ4v) is 2.97. The summed E-state index contributed by atoms with van der Waals surface area (Å²) in [6, 6.07) is 15.3. The molecule has 0 radical (unpaired) electrons. The van der Waals surface area contributed by atoms with Gasteiger partial charge in [-0.1, -0.05) is 42.5 Å². The fraction of sp³-hybridized carbons (Fsp3) is 0.375. The number of nitrogens with one attached hydrogen (secondary N) is 1. The topological polar surface area (TPSA) is 12.0 Å². The molecule has 1 heterocycles. The summed E-state index contributed by atoms with van der Waals surface area (Å²) in [6.45, 7) is 3.52. The van der Waals surface area contributed by atoms with E-state index >= 15 is 0 Å². The molecule has 1 N–H and O–H groups in total. The Bertz CT molecular complexity index is 519. The van der Waals surface area contributed by atoms with Crippen LogP contribution in [-0.2, 0) is 6.42 Å². The molecule has 1 fully saturated rings. The number of fused-ring (bicyclic) bond motifs is 1. The Balaban J connectivity index is 2.00. The van der Waals surface area contributed by atoms with Crippen molar-refractivity contribution in [2.24, 2.45) is 0 Å². The molecule has 0 spiro atoms. The molecule has 1 heteroatoms. The van der Waals surface area contributed by atoms with Crippen LogP contribution >= 0.6 is 0 Å². The lowest BCUT2D eigenvalue weighted by atomic mass is 9.89. The molecular formula is C16H19N. The number of hydrogen-bond donors (Lipinski definition) is 1. The van der Waals surface area contributed by atoms with Crippen LogP contribution in [0.5, 0.6) is 0 Å². The second kappa shape index (κ2) is 4.15. The zero-order valence-corrected chi connectivity index (χ0v) is 10.4. The highest BCUT2D eigenvalue weighted by molar-refractivity contribution is 5.85. The minimum atomic E-state index is 0.296. The standard InChI is InChI=1S/C16H19N/c1-16(10-5-11-17-16)12-14-8-4-7-13-6-2-3-9-15(13)14/h2-4,6-9,17H,5,10-12H2,1H3/t16-/m1/s1. The molecule has 1 atom stereocenters. The highest BCUT2D eigenvalue weighted by atomic mass is 15.0. The van der Waals surface area contributed by atoms with Gasteiger partial charge in [0.1, 0.15) is 0 Å².